The molecule has 94 valence electrons. The Kier molecular flexibility index (Phi) is 4.48. The first kappa shape index (κ1) is 12.8. The van der Waals surface area contributed by atoms with Crippen LogP contribution in [0.1, 0.15) is 23.5 Å². The van der Waals surface area contributed by atoms with Gasteiger partial charge in [0.15, 0.2) is 0 Å². The van der Waals surface area contributed by atoms with Gasteiger partial charge in [0.2, 0.25) is 0 Å². The molecule has 0 aliphatic carbocycles. The van der Waals surface area contributed by atoms with E-state index >= 15 is 0 Å². The Balaban J connectivity index is 2.02. The molecule has 0 spiro atoms. The molecule has 0 fully saturated rings. The van der Waals surface area contributed by atoms with E-state index < -0.39 is 0 Å². The Bertz CT molecular complexity index is 481. The summed E-state index contributed by atoms with van der Waals surface area (Å²) in [6.07, 6.45) is 1.60. The molecule has 2 N–H and O–H groups in total. The van der Waals surface area contributed by atoms with Crippen molar-refractivity contribution in [3.05, 3.63) is 71.5 Å². The van der Waals surface area contributed by atoms with Crippen molar-refractivity contribution >= 4 is 0 Å². The number of benzene rings is 2. The summed E-state index contributed by atoms with van der Waals surface area (Å²) in [6.45, 7) is 0.596. The summed E-state index contributed by atoms with van der Waals surface area (Å²) in [4.78, 5) is 0. The maximum Gasteiger partial charge on any atom is 0.126 e. The van der Waals surface area contributed by atoms with E-state index in [4.69, 9.17) is 5.73 Å². The van der Waals surface area contributed by atoms with Gasteiger partial charge in [-0.15, -0.1) is 0 Å². The van der Waals surface area contributed by atoms with Crippen LogP contribution in [0.2, 0.25) is 0 Å². The fraction of sp³-hybridized carbons (Fsp3) is 0.250. The zero-order chi connectivity index (χ0) is 12.8. The first-order chi connectivity index (χ1) is 8.81. The first-order valence-electron chi connectivity index (χ1n) is 6.29. The molecule has 0 amide bonds. The van der Waals surface area contributed by atoms with Gasteiger partial charge < -0.3 is 5.73 Å². The van der Waals surface area contributed by atoms with Crippen LogP contribution >= 0.6 is 0 Å². The third-order valence-electron chi connectivity index (χ3n) is 3.28. The predicted octanol–water partition coefficient (Wildman–Crippen LogP) is 3.50. The van der Waals surface area contributed by atoms with Crippen molar-refractivity contribution < 1.29 is 4.39 Å². The van der Waals surface area contributed by atoms with Gasteiger partial charge in [0.05, 0.1) is 0 Å². The van der Waals surface area contributed by atoms with Crippen LogP contribution in [0.4, 0.5) is 4.39 Å². The van der Waals surface area contributed by atoms with E-state index in [0.717, 1.165) is 18.4 Å². The van der Waals surface area contributed by atoms with Gasteiger partial charge in [0.1, 0.15) is 5.82 Å². The molecule has 18 heavy (non-hydrogen) atoms. The van der Waals surface area contributed by atoms with Crippen molar-refractivity contribution in [2.75, 3.05) is 6.54 Å². The average molecular weight is 243 g/mol. The second-order valence-electron chi connectivity index (χ2n) is 4.47. The SMILES string of the molecule is NCC(CCc1ccccc1F)c1ccccc1. The highest BCUT2D eigenvalue weighted by atomic mass is 19.1. The Hall–Kier alpha value is -1.67. The Labute approximate surface area is 107 Å². The number of hydrogen-bond acceptors (Lipinski definition) is 1. The average Bonchev–Trinajstić information content (AvgIpc) is 2.42. The van der Waals surface area contributed by atoms with E-state index in [1.54, 1.807) is 6.07 Å². The summed E-state index contributed by atoms with van der Waals surface area (Å²) in [5.41, 5.74) is 7.82. The Morgan fingerprint density at radius 1 is 0.944 bits per heavy atom. The zero-order valence-corrected chi connectivity index (χ0v) is 10.4. The number of hydrogen-bond donors (Lipinski definition) is 1. The Morgan fingerprint density at radius 2 is 1.61 bits per heavy atom. The van der Waals surface area contributed by atoms with Crippen LogP contribution in [0.25, 0.3) is 0 Å². The minimum Gasteiger partial charge on any atom is -0.330 e. The predicted molar refractivity (Wildman–Crippen MR) is 73.0 cm³/mol. The molecule has 0 aliphatic rings. The molecule has 2 aromatic carbocycles. The van der Waals surface area contributed by atoms with Crippen LogP contribution in [0, 0.1) is 5.82 Å². The lowest BCUT2D eigenvalue weighted by molar-refractivity contribution is 0.582. The Morgan fingerprint density at radius 3 is 2.28 bits per heavy atom. The molecule has 0 aliphatic heterocycles. The minimum absolute atomic E-state index is 0.124. The van der Waals surface area contributed by atoms with Gasteiger partial charge in [0, 0.05) is 0 Å². The molecule has 0 saturated heterocycles. The van der Waals surface area contributed by atoms with Crippen LogP contribution in [0.3, 0.4) is 0 Å². The highest BCUT2D eigenvalue weighted by Gasteiger charge is 2.10. The molecule has 1 nitrogen and oxygen atoms in total. The van der Waals surface area contributed by atoms with Gasteiger partial charge in [0.25, 0.3) is 0 Å². The van der Waals surface area contributed by atoms with Gasteiger partial charge in [-0.1, -0.05) is 48.5 Å². The zero-order valence-electron chi connectivity index (χ0n) is 10.4. The van der Waals surface area contributed by atoms with Crippen molar-refractivity contribution in [1.29, 1.82) is 0 Å². The maximum absolute atomic E-state index is 13.5. The molecular formula is C16H18FN. The van der Waals surface area contributed by atoms with Crippen molar-refractivity contribution in [2.45, 2.75) is 18.8 Å². The van der Waals surface area contributed by atoms with Gasteiger partial charge in [-0.3, -0.25) is 0 Å². The molecule has 1 unspecified atom stereocenters. The fourth-order valence-corrected chi connectivity index (χ4v) is 2.18. The number of halogens is 1. The molecule has 0 saturated carbocycles. The van der Waals surface area contributed by atoms with Crippen LogP contribution in [-0.2, 0) is 6.42 Å². The molecule has 1 atom stereocenters. The van der Waals surface area contributed by atoms with Gasteiger partial charge >= 0.3 is 0 Å². The van der Waals surface area contributed by atoms with E-state index in [2.05, 4.69) is 12.1 Å². The molecule has 0 bridgehead atoms. The summed E-state index contributed by atoms with van der Waals surface area (Å²) in [7, 11) is 0. The maximum atomic E-state index is 13.5. The highest BCUT2D eigenvalue weighted by Crippen LogP contribution is 2.21. The van der Waals surface area contributed by atoms with Crippen molar-refractivity contribution in [3.63, 3.8) is 0 Å². The summed E-state index contributed by atoms with van der Waals surface area (Å²) in [5.74, 6) is 0.173. The molecule has 0 heterocycles. The van der Waals surface area contributed by atoms with Gasteiger partial charge in [-0.05, 0) is 42.5 Å². The second-order valence-corrected chi connectivity index (χ2v) is 4.47. The minimum atomic E-state index is -0.124. The van der Waals surface area contributed by atoms with Crippen LogP contribution < -0.4 is 5.73 Å². The summed E-state index contributed by atoms with van der Waals surface area (Å²) >= 11 is 0. The molecule has 2 heteroatoms. The van der Waals surface area contributed by atoms with Crippen LogP contribution in [0.5, 0.6) is 0 Å². The van der Waals surface area contributed by atoms with E-state index in [0.29, 0.717) is 12.5 Å². The third-order valence-corrected chi connectivity index (χ3v) is 3.28. The van der Waals surface area contributed by atoms with E-state index in [1.807, 2.05) is 30.3 Å². The quantitative estimate of drug-likeness (QED) is 0.854. The lowest BCUT2D eigenvalue weighted by Crippen LogP contribution is -2.13. The summed E-state index contributed by atoms with van der Waals surface area (Å²) < 4.78 is 13.5. The number of rotatable bonds is 5. The summed E-state index contributed by atoms with van der Waals surface area (Å²) in [6, 6.07) is 17.1. The lowest BCUT2D eigenvalue weighted by Gasteiger charge is -2.15. The largest absolute Gasteiger partial charge is 0.330 e. The third kappa shape index (κ3) is 3.17. The monoisotopic (exact) mass is 243 g/mol. The van der Waals surface area contributed by atoms with Crippen LogP contribution in [-0.4, -0.2) is 6.54 Å². The molecular weight excluding hydrogens is 225 g/mol. The van der Waals surface area contributed by atoms with Crippen molar-refractivity contribution in [1.82, 2.24) is 0 Å². The lowest BCUT2D eigenvalue weighted by atomic mass is 9.92. The van der Waals surface area contributed by atoms with Gasteiger partial charge in [-0.2, -0.15) is 0 Å². The van der Waals surface area contributed by atoms with E-state index in [9.17, 15) is 4.39 Å². The molecule has 0 radical (unpaired) electrons. The van der Waals surface area contributed by atoms with E-state index in [-0.39, 0.29) is 5.82 Å². The second kappa shape index (κ2) is 6.31. The first-order valence-corrected chi connectivity index (χ1v) is 6.29. The van der Waals surface area contributed by atoms with Crippen LogP contribution in [0.15, 0.2) is 54.6 Å². The number of aryl methyl sites for hydroxylation is 1. The van der Waals surface area contributed by atoms with E-state index in [1.165, 1.54) is 11.6 Å². The number of nitrogens with two attached hydrogens (primary N) is 1. The highest BCUT2D eigenvalue weighted by molar-refractivity contribution is 5.22. The normalized spacial score (nSPS) is 12.3. The summed E-state index contributed by atoms with van der Waals surface area (Å²) in [5, 5.41) is 0. The molecule has 2 rings (SSSR count). The fourth-order valence-electron chi connectivity index (χ4n) is 2.18. The van der Waals surface area contributed by atoms with Crippen molar-refractivity contribution in [3.8, 4) is 0 Å². The molecule has 2 aromatic rings. The van der Waals surface area contributed by atoms with Gasteiger partial charge in [-0.25, -0.2) is 4.39 Å². The molecule has 0 aromatic heterocycles. The smallest absolute Gasteiger partial charge is 0.126 e. The topological polar surface area (TPSA) is 26.0 Å². The standard InChI is InChI=1S/C16H18FN/c17-16-9-5-4-8-14(16)10-11-15(12-18)13-6-2-1-3-7-13/h1-9,15H,10-12,18H2. The van der Waals surface area contributed by atoms with Crippen molar-refractivity contribution in [2.24, 2.45) is 5.73 Å².